The van der Waals surface area contributed by atoms with Crippen LogP contribution in [0.3, 0.4) is 0 Å². The molecule has 2 aromatic rings. The van der Waals surface area contributed by atoms with E-state index in [9.17, 15) is 0 Å². The van der Waals surface area contributed by atoms with Gasteiger partial charge in [0.25, 0.3) is 0 Å². The van der Waals surface area contributed by atoms with Crippen LogP contribution in [0.2, 0.25) is 0 Å². The summed E-state index contributed by atoms with van der Waals surface area (Å²) in [6, 6.07) is 0. The van der Waals surface area contributed by atoms with E-state index >= 15 is 0 Å². The Kier molecular flexibility index (Phi) is 3.91. The molecule has 2 aromatic heterocycles. The molecule has 0 saturated carbocycles. The standard InChI is InChI=1S/C12H17N3OS/c1-8(2)5-9-6-17-12-10(9)11(13-3-4-16)14-7-15-12/h6-8,16H,3-5H2,1-2H3,(H,13,14,15). The van der Waals surface area contributed by atoms with Gasteiger partial charge in [-0.3, -0.25) is 0 Å². The highest BCUT2D eigenvalue weighted by Crippen LogP contribution is 2.30. The number of nitrogens with one attached hydrogen (secondary N) is 1. The minimum atomic E-state index is 0.106. The summed E-state index contributed by atoms with van der Waals surface area (Å²) in [6.45, 7) is 5.03. The molecular weight excluding hydrogens is 234 g/mol. The van der Waals surface area contributed by atoms with E-state index in [1.165, 1.54) is 5.56 Å². The van der Waals surface area contributed by atoms with Crippen LogP contribution in [0.5, 0.6) is 0 Å². The van der Waals surface area contributed by atoms with Crippen molar-refractivity contribution in [1.82, 2.24) is 9.97 Å². The lowest BCUT2D eigenvalue weighted by molar-refractivity contribution is 0.311. The van der Waals surface area contributed by atoms with Crippen molar-refractivity contribution in [3.63, 3.8) is 0 Å². The van der Waals surface area contributed by atoms with Gasteiger partial charge in [-0.15, -0.1) is 11.3 Å². The Morgan fingerprint density at radius 3 is 2.94 bits per heavy atom. The molecule has 0 aromatic carbocycles. The molecule has 92 valence electrons. The van der Waals surface area contributed by atoms with E-state index in [1.54, 1.807) is 17.7 Å². The fourth-order valence-electron chi connectivity index (χ4n) is 1.83. The van der Waals surface area contributed by atoms with Gasteiger partial charge in [0.1, 0.15) is 17.0 Å². The van der Waals surface area contributed by atoms with Gasteiger partial charge < -0.3 is 10.4 Å². The van der Waals surface area contributed by atoms with Gasteiger partial charge in [0.05, 0.1) is 12.0 Å². The Bertz CT molecular complexity index is 495. The average molecular weight is 251 g/mol. The molecule has 4 nitrogen and oxygen atoms in total. The Morgan fingerprint density at radius 1 is 1.41 bits per heavy atom. The summed E-state index contributed by atoms with van der Waals surface area (Å²) in [6.07, 6.45) is 2.60. The summed E-state index contributed by atoms with van der Waals surface area (Å²) < 4.78 is 0. The first-order valence-corrected chi connectivity index (χ1v) is 6.66. The van der Waals surface area contributed by atoms with Crippen LogP contribution in [-0.2, 0) is 6.42 Å². The minimum Gasteiger partial charge on any atom is -0.395 e. The highest BCUT2D eigenvalue weighted by Gasteiger charge is 2.11. The van der Waals surface area contributed by atoms with Crippen LogP contribution in [0.15, 0.2) is 11.7 Å². The number of hydrogen-bond acceptors (Lipinski definition) is 5. The zero-order chi connectivity index (χ0) is 12.3. The summed E-state index contributed by atoms with van der Waals surface area (Å²) in [5.41, 5.74) is 1.29. The maximum atomic E-state index is 8.86. The first-order chi connectivity index (χ1) is 8.22. The molecule has 2 heterocycles. The van der Waals surface area contributed by atoms with E-state index in [4.69, 9.17) is 5.11 Å². The van der Waals surface area contributed by atoms with Crippen molar-refractivity contribution in [3.8, 4) is 0 Å². The van der Waals surface area contributed by atoms with Crippen LogP contribution in [0, 0.1) is 5.92 Å². The maximum Gasteiger partial charge on any atom is 0.138 e. The third kappa shape index (κ3) is 2.73. The van der Waals surface area contributed by atoms with Gasteiger partial charge in [-0.25, -0.2) is 9.97 Å². The number of fused-ring (bicyclic) bond motifs is 1. The number of aliphatic hydroxyl groups excluding tert-OH is 1. The molecule has 0 radical (unpaired) electrons. The number of thiophene rings is 1. The minimum absolute atomic E-state index is 0.106. The number of anilines is 1. The Balaban J connectivity index is 2.40. The van der Waals surface area contributed by atoms with Crippen LogP contribution < -0.4 is 5.32 Å². The van der Waals surface area contributed by atoms with Crippen LogP contribution in [0.25, 0.3) is 10.2 Å². The zero-order valence-corrected chi connectivity index (χ0v) is 10.9. The second-order valence-corrected chi connectivity index (χ2v) is 5.27. The van der Waals surface area contributed by atoms with E-state index in [0.717, 1.165) is 22.5 Å². The van der Waals surface area contributed by atoms with E-state index in [1.807, 2.05) is 0 Å². The number of nitrogens with zero attached hydrogens (tertiary/aromatic N) is 2. The van der Waals surface area contributed by atoms with Crippen molar-refractivity contribution in [2.24, 2.45) is 5.92 Å². The number of aliphatic hydroxyl groups is 1. The molecule has 0 atom stereocenters. The Hall–Kier alpha value is -1.20. The molecule has 0 amide bonds. The molecule has 0 spiro atoms. The molecule has 0 aliphatic rings. The molecule has 0 fully saturated rings. The molecule has 17 heavy (non-hydrogen) atoms. The predicted octanol–water partition coefficient (Wildman–Crippen LogP) is 2.29. The zero-order valence-electron chi connectivity index (χ0n) is 10.1. The summed E-state index contributed by atoms with van der Waals surface area (Å²) in [7, 11) is 0. The highest BCUT2D eigenvalue weighted by atomic mass is 32.1. The molecular formula is C12H17N3OS. The maximum absolute atomic E-state index is 8.86. The van der Waals surface area contributed by atoms with Crippen LogP contribution >= 0.6 is 11.3 Å². The van der Waals surface area contributed by atoms with Crippen molar-refractivity contribution in [3.05, 3.63) is 17.3 Å². The Labute approximate surface area is 105 Å². The van der Waals surface area contributed by atoms with Crippen LogP contribution in [-0.4, -0.2) is 28.2 Å². The van der Waals surface area contributed by atoms with E-state index in [0.29, 0.717) is 12.5 Å². The van der Waals surface area contributed by atoms with Crippen molar-refractivity contribution >= 4 is 27.4 Å². The van der Waals surface area contributed by atoms with Crippen molar-refractivity contribution in [2.45, 2.75) is 20.3 Å². The van der Waals surface area contributed by atoms with Crippen molar-refractivity contribution < 1.29 is 5.11 Å². The quantitative estimate of drug-likeness (QED) is 0.856. The van der Waals surface area contributed by atoms with Crippen LogP contribution in [0.4, 0.5) is 5.82 Å². The summed E-state index contributed by atoms with van der Waals surface area (Å²) in [5.74, 6) is 1.44. The highest BCUT2D eigenvalue weighted by molar-refractivity contribution is 7.17. The molecule has 0 aliphatic heterocycles. The van der Waals surface area contributed by atoms with Gasteiger partial charge >= 0.3 is 0 Å². The van der Waals surface area contributed by atoms with Gasteiger partial charge in [-0.05, 0) is 23.3 Å². The molecule has 0 aliphatic carbocycles. The predicted molar refractivity (Wildman–Crippen MR) is 71.5 cm³/mol. The van der Waals surface area contributed by atoms with Crippen molar-refractivity contribution in [2.75, 3.05) is 18.5 Å². The smallest absolute Gasteiger partial charge is 0.138 e. The summed E-state index contributed by atoms with van der Waals surface area (Å²) >= 11 is 1.65. The molecule has 2 N–H and O–H groups in total. The lowest BCUT2D eigenvalue weighted by Crippen LogP contribution is -2.08. The van der Waals surface area contributed by atoms with Gasteiger partial charge in [0, 0.05) is 6.54 Å². The van der Waals surface area contributed by atoms with Gasteiger partial charge in [0.2, 0.25) is 0 Å². The second kappa shape index (κ2) is 5.42. The third-order valence-electron chi connectivity index (χ3n) is 2.48. The van der Waals surface area contributed by atoms with Crippen molar-refractivity contribution in [1.29, 1.82) is 0 Å². The van der Waals surface area contributed by atoms with Crippen LogP contribution in [0.1, 0.15) is 19.4 Å². The molecule has 0 bridgehead atoms. The SMILES string of the molecule is CC(C)Cc1csc2ncnc(NCCO)c12. The lowest BCUT2D eigenvalue weighted by atomic mass is 10.0. The van der Waals surface area contributed by atoms with E-state index in [2.05, 4.69) is 34.5 Å². The number of hydrogen-bond donors (Lipinski definition) is 2. The molecule has 5 heteroatoms. The molecule has 2 rings (SSSR count). The van der Waals surface area contributed by atoms with E-state index < -0.39 is 0 Å². The molecule has 0 saturated heterocycles. The van der Waals surface area contributed by atoms with E-state index in [-0.39, 0.29) is 6.61 Å². The third-order valence-corrected chi connectivity index (χ3v) is 3.41. The summed E-state index contributed by atoms with van der Waals surface area (Å²) in [4.78, 5) is 9.55. The molecule has 0 unspecified atom stereocenters. The van der Waals surface area contributed by atoms with Gasteiger partial charge in [-0.2, -0.15) is 0 Å². The Morgan fingerprint density at radius 2 is 2.24 bits per heavy atom. The normalized spacial score (nSPS) is 11.3. The number of rotatable bonds is 5. The van der Waals surface area contributed by atoms with Gasteiger partial charge in [-0.1, -0.05) is 13.8 Å². The van der Waals surface area contributed by atoms with Gasteiger partial charge in [0.15, 0.2) is 0 Å². The topological polar surface area (TPSA) is 58.0 Å². The second-order valence-electron chi connectivity index (χ2n) is 4.41. The monoisotopic (exact) mass is 251 g/mol. The average Bonchev–Trinajstić information content (AvgIpc) is 2.70. The lowest BCUT2D eigenvalue weighted by Gasteiger charge is -2.08. The fourth-order valence-corrected chi connectivity index (χ4v) is 2.75. The largest absolute Gasteiger partial charge is 0.395 e. The first-order valence-electron chi connectivity index (χ1n) is 5.78. The number of aromatic nitrogens is 2. The fraction of sp³-hybridized carbons (Fsp3) is 0.500. The first kappa shape index (κ1) is 12.3. The summed E-state index contributed by atoms with van der Waals surface area (Å²) in [5, 5.41) is 15.3.